The van der Waals surface area contributed by atoms with Gasteiger partial charge < -0.3 is 5.32 Å². The van der Waals surface area contributed by atoms with Crippen molar-refractivity contribution in [1.82, 2.24) is 9.97 Å². The van der Waals surface area contributed by atoms with Gasteiger partial charge in [-0.3, -0.25) is 0 Å². The number of aromatic nitrogens is 2. The monoisotopic (exact) mass is 165 g/mol. The molecule has 0 fully saturated rings. The highest BCUT2D eigenvalue weighted by Crippen LogP contribution is 2.16. The van der Waals surface area contributed by atoms with Crippen LogP contribution in [0.4, 0.5) is 5.69 Å². The minimum atomic E-state index is 0.0275. The maximum atomic E-state index is 4.24. The van der Waals surface area contributed by atoms with Crippen LogP contribution in [0.1, 0.15) is 26.6 Å². The van der Waals surface area contributed by atoms with E-state index >= 15 is 0 Å². The molecule has 12 heavy (non-hydrogen) atoms. The van der Waals surface area contributed by atoms with Crippen LogP contribution in [0.2, 0.25) is 0 Å². The average molecular weight is 165 g/mol. The summed E-state index contributed by atoms with van der Waals surface area (Å²) in [6.45, 7) is 6.28. The van der Waals surface area contributed by atoms with Gasteiger partial charge in [-0.15, -0.1) is 7.05 Å². The Bertz CT molecular complexity index is 245. The van der Waals surface area contributed by atoms with Crippen molar-refractivity contribution in [2.75, 3.05) is 0 Å². The third kappa shape index (κ3) is 2.01. The SMILES string of the molecule is [CH2-][NH2+]c1cnc(C(C)(C)C)nc1. The summed E-state index contributed by atoms with van der Waals surface area (Å²) in [6, 6.07) is 0. The standard InChI is InChI=1S/C9H15N3/c1-9(2,3)8-11-5-7(10-4)6-12-8/h5-6H,4,10H2,1-3H3. The molecule has 0 spiro atoms. The number of nitrogens with zero attached hydrogens (tertiary/aromatic N) is 2. The van der Waals surface area contributed by atoms with Crippen LogP contribution in [0.15, 0.2) is 12.4 Å². The first-order valence-electron chi connectivity index (χ1n) is 3.99. The van der Waals surface area contributed by atoms with Gasteiger partial charge in [0.2, 0.25) is 0 Å². The van der Waals surface area contributed by atoms with Crippen LogP contribution in [0, 0.1) is 7.05 Å². The lowest BCUT2D eigenvalue weighted by atomic mass is 9.96. The molecule has 0 atom stereocenters. The summed E-state index contributed by atoms with van der Waals surface area (Å²) in [5, 5.41) is 1.74. The molecule has 0 aliphatic heterocycles. The molecule has 3 heteroatoms. The molecule has 1 aromatic rings. The summed E-state index contributed by atoms with van der Waals surface area (Å²) in [5.41, 5.74) is 0.989. The Morgan fingerprint density at radius 2 is 1.75 bits per heavy atom. The lowest BCUT2D eigenvalue weighted by molar-refractivity contribution is -0.505. The second-order valence-electron chi connectivity index (χ2n) is 3.79. The molecule has 0 radical (unpaired) electrons. The van der Waals surface area contributed by atoms with Crippen molar-refractivity contribution < 1.29 is 5.32 Å². The molecule has 0 aliphatic rings. The van der Waals surface area contributed by atoms with Gasteiger partial charge in [-0.25, -0.2) is 9.97 Å². The van der Waals surface area contributed by atoms with Crippen molar-refractivity contribution in [2.45, 2.75) is 26.2 Å². The Morgan fingerprint density at radius 3 is 2.08 bits per heavy atom. The van der Waals surface area contributed by atoms with Gasteiger partial charge in [0.25, 0.3) is 0 Å². The third-order valence-corrected chi connectivity index (χ3v) is 1.58. The average Bonchev–Trinajstić information content (AvgIpc) is 2.03. The van der Waals surface area contributed by atoms with Crippen LogP contribution >= 0.6 is 0 Å². The Morgan fingerprint density at radius 1 is 1.25 bits per heavy atom. The maximum Gasteiger partial charge on any atom is 0.140 e. The Labute approximate surface area is 73.2 Å². The topological polar surface area (TPSA) is 42.4 Å². The number of hydrogen-bond acceptors (Lipinski definition) is 2. The first-order valence-corrected chi connectivity index (χ1v) is 3.99. The Kier molecular flexibility index (Phi) is 2.43. The number of quaternary nitrogens is 1. The largest absolute Gasteiger partial charge is 0.443 e. The molecule has 0 saturated heterocycles. The summed E-state index contributed by atoms with van der Waals surface area (Å²) >= 11 is 0. The van der Waals surface area contributed by atoms with E-state index in [9.17, 15) is 0 Å². The van der Waals surface area contributed by atoms with Crippen LogP contribution in [0.5, 0.6) is 0 Å². The minimum Gasteiger partial charge on any atom is -0.443 e. The molecule has 0 unspecified atom stereocenters. The highest BCUT2D eigenvalue weighted by atomic mass is 14.9. The van der Waals surface area contributed by atoms with E-state index in [-0.39, 0.29) is 5.41 Å². The van der Waals surface area contributed by atoms with Crippen molar-refractivity contribution in [1.29, 1.82) is 0 Å². The number of nitrogens with two attached hydrogens (primary N) is 1. The second kappa shape index (κ2) is 3.19. The maximum absolute atomic E-state index is 4.24. The molecule has 0 saturated carbocycles. The van der Waals surface area contributed by atoms with E-state index in [1.807, 2.05) is 0 Å². The number of hydrogen-bond donors (Lipinski definition) is 1. The van der Waals surface area contributed by atoms with Crippen molar-refractivity contribution in [2.24, 2.45) is 0 Å². The van der Waals surface area contributed by atoms with Gasteiger partial charge in [0.1, 0.15) is 11.5 Å². The molecule has 0 aromatic carbocycles. The van der Waals surface area contributed by atoms with Gasteiger partial charge in [-0.05, 0) is 0 Å². The van der Waals surface area contributed by atoms with Crippen LogP contribution in [0.3, 0.4) is 0 Å². The fourth-order valence-corrected chi connectivity index (χ4v) is 0.831. The van der Waals surface area contributed by atoms with Crippen molar-refractivity contribution in [3.8, 4) is 0 Å². The summed E-state index contributed by atoms with van der Waals surface area (Å²) < 4.78 is 0. The molecule has 2 N–H and O–H groups in total. The summed E-state index contributed by atoms with van der Waals surface area (Å²) in [5.74, 6) is 0.869. The van der Waals surface area contributed by atoms with Crippen LogP contribution < -0.4 is 5.32 Å². The van der Waals surface area contributed by atoms with Crippen molar-refractivity contribution in [3.05, 3.63) is 25.3 Å². The van der Waals surface area contributed by atoms with E-state index in [0.717, 1.165) is 11.5 Å². The smallest absolute Gasteiger partial charge is 0.140 e. The minimum absolute atomic E-state index is 0.0275. The number of rotatable bonds is 1. The Balaban J connectivity index is 2.93. The molecule has 0 amide bonds. The van der Waals surface area contributed by atoms with Gasteiger partial charge in [0.05, 0.1) is 12.4 Å². The third-order valence-electron chi connectivity index (χ3n) is 1.58. The highest BCUT2D eigenvalue weighted by Gasteiger charge is 2.16. The molecule has 3 nitrogen and oxygen atoms in total. The fraction of sp³-hybridized carbons (Fsp3) is 0.444. The van der Waals surface area contributed by atoms with Gasteiger partial charge in [0, 0.05) is 5.41 Å². The second-order valence-corrected chi connectivity index (χ2v) is 3.79. The summed E-state index contributed by atoms with van der Waals surface area (Å²) in [6.07, 6.45) is 3.58. The van der Waals surface area contributed by atoms with Gasteiger partial charge in [-0.2, -0.15) is 0 Å². The van der Waals surface area contributed by atoms with E-state index in [4.69, 9.17) is 0 Å². The van der Waals surface area contributed by atoms with Gasteiger partial charge in [-0.1, -0.05) is 20.8 Å². The molecule has 1 aromatic heterocycles. The van der Waals surface area contributed by atoms with Gasteiger partial charge in [0.15, 0.2) is 0 Å². The first kappa shape index (κ1) is 9.13. The predicted molar refractivity (Wildman–Crippen MR) is 47.7 cm³/mol. The van der Waals surface area contributed by atoms with E-state index in [0.29, 0.717) is 0 Å². The van der Waals surface area contributed by atoms with Gasteiger partial charge >= 0.3 is 0 Å². The van der Waals surface area contributed by atoms with Crippen molar-refractivity contribution in [3.63, 3.8) is 0 Å². The van der Waals surface area contributed by atoms with Crippen LogP contribution in [-0.4, -0.2) is 9.97 Å². The first-order chi connectivity index (χ1) is 5.54. The highest BCUT2D eigenvalue weighted by molar-refractivity contribution is 5.20. The molecule has 1 heterocycles. The zero-order valence-electron chi connectivity index (χ0n) is 7.83. The summed E-state index contributed by atoms with van der Waals surface area (Å²) in [4.78, 5) is 8.48. The van der Waals surface area contributed by atoms with E-state index in [2.05, 4.69) is 37.8 Å². The lowest BCUT2D eigenvalue weighted by Gasteiger charge is -2.15. The molecule has 1 rings (SSSR count). The van der Waals surface area contributed by atoms with Crippen LogP contribution in [0.25, 0.3) is 0 Å². The predicted octanol–water partition coefficient (Wildman–Crippen LogP) is 0.761. The van der Waals surface area contributed by atoms with E-state index < -0.39 is 0 Å². The van der Waals surface area contributed by atoms with E-state index in [1.54, 1.807) is 17.7 Å². The van der Waals surface area contributed by atoms with Crippen LogP contribution in [-0.2, 0) is 5.41 Å². The fourth-order valence-electron chi connectivity index (χ4n) is 0.831. The molecule has 0 aliphatic carbocycles. The quantitative estimate of drug-likeness (QED) is 0.624. The molecular weight excluding hydrogens is 150 g/mol. The Hall–Kier alpha value is -0.960. The molecule has 66 valence electrons. The summed E-state index contributed by atoms with van der Waals surface area (Å²) in [7, 11) is 3.64. The normalized spacial score (nSPS) is 11.7. The van der Waals surface area contributed by atoms with E-state index in [1.165, 1.54) is 0 Å². The molecular formula is C9H15N3. The van der Waals surface area contributed by atoms with Crippen molar-refractivity contribution >= 4 is 5.69 Å². The zero-order chi connectivity index (χ0) is 9.19. The zero-order valence-corrected chi connectivity index (χ0v) is 7.83. The molecule has 0 bridgehead atoms. The lowest BCUT2D eigenvalue weighted by Crippen LogP contribution is -2.69.